The van der Waals surface area contributed by atoms with Gasteiger partial charge in [0, 0.05) is 17.8 Å². The van der Waals surface area contributed by atoms with Crippen LogP contribution >= 0.6 is 0 Å². The molecule has 1 aromatic carbocycles. The van der Waals surface area contributed by atoms with Crippen molar-refractivity contribution >= 4 is 5.69 Å². The third kappa shape index (κ3) is 4.43. The van der Waals surface area contributed by atoms with Crippen LogP contribution < -0.4 is 15.8 Å². The smallest absolute Gasteiger partial charge is 0.122 e. The van der Waals surface area contributed by atoms with Crippen LogP contribution in [-0.4, -0.2) is 20.2 Å². The molecule has 0 aliphatic carbocycles. The normalized spacial score (nSPS) is 12.4. The van der Waals surface area contributed by atoms with Crippen molar-refractivity contribution in [3.05, 3.63) is 23.8 Å². The van der Waals surface area contributed by atoms with Gasteiger partial charge in [0.15, 0.2) is 0 Å². The van der Waals surface area contributed by atoms with Gasteiger partial charge in [0.2, 0.25) is 0 Å². The van der Waals surface area contributed by atoms with Crippen molar-refractivity contribution in [2.24, 2.45) is 11.1 Å². The van der Waals surface area contributed by atoms with E-state index in [1.807, 2.05) is 6.07 Å². The van der Waals surface area contributed by atoms with E-state index in [4.69, 9.17) is 10.5 Å². The monoisotopic (exact) mass is 264 g/mol. The van der Waals surface area contributed by atoms with Crippen molar-refractivity contribution in [1.29, 1.82) is 0 Å². The lowest BCUT2D eigenvalue weighted by Crippen LogP contribution is -2.31. The lowest BCUT2D eigenvalue weighted by Gasteiger charge is -2.26. The fourth-order valence-corrected chi connectivity index (χ4v) is 1.82. The molecule has 3 nitrogen and oxygen atoms in total. The molecule has 0 saturated heterocycles. The van der Waals surface area contributed by atoms with Gasteiger partial charge in [-0.1, -0.05) is 34.6 Å². The van der Waals surface area contributed by atoms with Crippen molar-refractivity contribution in [3.63, 3.8) is 0 Å². The van der Waals surface area contributed by atoms with Crippen LogP contribution in [0.1, 0.15) is 40.2 Å². The lowest BCUT2D eigenvalue weighted by molar-refractivity contribution is 0.397. The molecule has 0 aliphatic rings. The summed E-state index contributed by atoms with van der Waals surface area (Å²) in [6.07, 6.45) is 0. The molecule has 0 atom stereocenters. The van der Waals surface area contributed by atoms with Gasteiger partial charge in [-0.15, -0.1) is 0 Å². The lowest BCUT2D eigenvalue weighted by atomic mass is 9.86. The first kappa shape index (κ1) is 15.8. The summed E-state index contributed by atoms with van der Waals surface area (Å²) in [4.78, 5) is 0. The molecule has 0 radical (unpaired) electrons. The highest BCUT2D eigenvalue weighted by Crippen LogP contribution is 2.33. The first-order valence-electron chi connectivity index (χ1n) is 6.82. The minimum Gasteiger partial charge on any atom is -0.496 e. The Morgan fingerprint density at radius 2 is 1.79 bits per heavy atom. The fraction of sp³-hybridized carbons (Fsp3) is 0.625. The fourth-order valence-electron chi connectivity index (χ4n) is 1.82. The number of hydrogen-bond donors (Lipinski definition) is 2. The van der Waals surface area contributed by atoms with Crippen LogP contribution in [0.5, 0.6) is 5.75 Å². The zero-order valence-electron chi connectivity index (χ0n) is 13.1. The first-order valence-corrected chi connectivity index (χ1v) is 6.82. The van der Waals surface area contributed by atoms with Gasteiger partial charge in [-0.2, -0.15) is 0 Å². The largest absolute Gasteiger partial charge is 0.496 e. The van der Waals surface area contributed by atoms with Gasteiger partial charge in [0.1, 0.15) is 5.75 Å². The van der Waals surface area contributed by atoms with Gasteiger partial charge in [-0.3, -0.25) is 0 Å². The number of rotatable bonds is 5. The molecule has 0 heterocycles. The van der Waals surface area contributed by atoms with Crippen molar-refractivity contribution in [2.45, 2.75) is 40.0 Å². The van der Waals surface area contributed by atoms with Crippen LogP contribution in [0.15, 0.2) is 18.2 Å². The molecule has 0 spiro atoms. The van der Waals surface area contributed by atoms with Crippen LogP contribution in [0.25, 0.3) is 0 Å². The van der Waals surface area contributed by atoms with Gasteiger partial charge < -0.3 is 15.8 Å². The summed E-state index contributed by atoms with van der Waals surface area (Å²) in [5, 5.41) is 3.46. The van der Waals surface area contributed by atoms with E-state index < -0.39 is 0 Å². The Bertz CT molecular complexity index is 419. The molecule has 1 rings (SSSR count). The quantitative estimate of drug-likeness (QED) is 0.857. The maximum Gasteiger partial charge on any atom is 0.122 e. The number of methoxy groups -OCH3 is 1. The molecule has 0 unspecified atom stereocenters. The van der Waals surface area contributed by atoms with Crippen LogP contribution in [0, 0.1) is 5.41 Å². The number of nitrogens with one attached hydrogen (secondary N) is 1. The average Bonchev–Trinajstić information content (AvgIpc) is 2.35. The van der Waals surface area contributed by atoms with E-state index in [1.54, 1.807) is 7.11 Å². The molecule has 0 bridgehead atoms. The van der Waals surface area contributed by atoms with Crippen LogP contribution in [0.3, 0.4) is 0 Å². The summed E-state index contributed by atoms with van der Waals surface area (Å²) in [5.74, 6) is 0.941. The van der Waals surface area contributed by atoms with E-state index in [2.05, 4.69) is 52.1 Å². The maximum atomic E-state index is 5.76. The number of anilines is 1. The van der Waals surface area contributed by atoms with E-state index in [-0.39, 0.29) is 10.8 Å². The Hall–Kier alpha value is -1.22. The van der Waals surface area contributed by atoms with Crippen LogP contribution in [0.2, 0.25) is 0 Å². The average molecular weight is 264 g/mol. The van der Waals surface area contributed by atoms with Crippen molar-refractivity contribution in [2.75, 3.05) is 25.5 Å². The molecule has 108 valence electrons. The second-order valence-electron chi connectivity index (χ2n) is 6.89. The molecule has 0 aromatic heterocycles. The van der Waals surface area contributed by atoms with Gasteiger partial charge >= 0.3 is 0 Å². The predicted molar refractivity (Wildman–Crippen MR) is 83.0 cm³/mol. The molecule has 3 N–H and O–H groups in total. The zero-order valence-corrected chi connectivity index (χ0v) is 13.1. The van der Waals surface area contributed by atoms with Crippen molar-refractivity contribution < 1.29 is 4.74 Å². The van der Waals surface area contributed by atoms with E-state index in [0.717, 1.165) is 18.0 Å². The van der Waals surface area contributed by atoms with Gasteiger partial charge in [-0.25, -0.2) is 0 Å². The van der Waals surface area contributed by atoms with Crippen molar-refractivity contribution in [1.82, 2.24) is 0 Å². The highest BCUT2D eigenvalue weighted by molar-refractivity contribution is 5.53. The minimum absolute atomic E-state index is 0.0619. The third-order valence-corrected chi connectivity index (χ3v) is 3.33. The third-order valence-electron chi connectivity index (χ3n) is 3.33. The maximum absolute atomic E-state index is 5.76. The predicted octanol–water partition coefficient (Wildman–Crippen LogP) is 3.39. The molecule has 1 aromatic rings. The molecule has 3 heteroatoms. The van der Waals surface area contributed by atoms with Gasteiger partial charge in [-0.05, 0) is 35.6 Å². The van der Waals surface area contributed by atoms with E-state index in [9.17, 15) is 0 Å². The Kier molecular flexibility index (Phi) is 4.86. The molecular weight excluding hydrogens is 236 g/mol. The second-order valence-corrected chi connectivity index (χ2v) is 6.89. The topological polar surface area (TPSA) is 47.3 Å². The van der Waals surface area contributed by atoms with Gasteiger partial charge in [0.05, 0.1) is 7.11 Å². The second kappa shape index (κ2) is 5.83. The Labute approximate surface area is 117 Å². The SMILES string of the molecule is COc1ccc(NCC(C)(C)CN)cc1C(C)(C)C. The number of nitrogens with two attached hydrogens (primary N) is 1. The van der Waals surface area contributed by atoms with Gasteiger partial charge in [0.25, 0.3) is 0 Å². The van der Waals surface area contributed by atoms with E-state index in [1.165, 1.54) is 5.56 Å². The Morgan fingerprint density at radius 3 is 2.26 bits per heavy atom. The number of hydrogen-bond acceptors (Lipinski definition) is 3. The van der Waals surface area contributed by atoms with E-state index >= 15 is 0 Å². The van der Waals surface area contributed by atoms with Crippen molar-refractivity contribution in [3.8, 4) is 5.75 Å². The standard InChI is InChI=1S/C16H28N2O/c1-15(2,3)13-9-12(7-8-14(13)19-6)18-11-16(4,5)10-17/h7-9,18H,10-11,17H2,1-6H3. The summed E-state index contributed by atoms with van der Waals surface area (Å²) in [5.41, 5.74) is 8.25. The molecular formula is C16H28N2O. The number of benzene rings is 1. The first-order chi connectivity index (χ1) is 8.69. The summed E-state index contributed by atoms with van der Waals surface area (Å²) in [6, 6.07) is 6.25. The van der Waals surface area contributed by atoms with Crippen LogP contribution in [0.4, 0.5) is 5.69 Å². The number of ether oxygens (including phenoxy) is 1. The molecule has 19 heavy (non-hydrogen) atoms. The molecule has 0 saturated carbocycles. The summed E-state index contributed by atoms with van der Waals surface area (Å²) in [6.45, 7) is 12.4. The highest BCUT2D eigenvalue weighted by Gasteiger charge is 2.20. The van der Waals surface area contributed by atoms with E-state index in [0.29, 0.717) is 6.54 Å². The van der Waals surface area contributed by atoms with Crippen LogP contribution in [-0.2, 0) is 5.41 Å². The summed E-state index contributed by atoms with van der Waals surface area (Å²) >= 11 is 0. The zero-order chi connectivity index (χ0) is 14.7. The Balaban J connectivity index is 2.93. The minimum atomic E-state index is 0.0619. The molecule has 0 amide bonds. The summed E-state index contributed by atoms with van der Waals surface area (Å²) < 4.78 is 5.45. The molecule has 0 aliphatic heterocycles. The summed E-state index contributed by atoms with van der Waals surface area (Å²) in [7, 11) is 1.72. The Morgan fingerprint density at radius 1 is 1.16 bits per heavy atom. The highest BCUT2D eigenvalue weighted by atomic mass is 16.5. The molecule has 0 fully saturated rings.